The summed E-state index contributed by atoms with van der Waals surface area (Å²) in [6.07, 6.45) is 2.07. The molecule has 0 unspecified atom stereocenters. The van der Waals surface area contributed by atoms with Crippen molar-refractivity contribution in [3.05, 3.63) is 68.8 Å². The molecule has 0 radical (unpaired) electrons. The van der Waals surface area contributed by atoms with Crippen molar-refractivity contribution in [1.82, 2.24) is 0 Å². The van der Waals surface area contributed by atoms with Crippen LogP contribution in [0, 0.1) is 0 Å². The van der Waals surface area contributed by atoms with Crippen molar-refractivity contribution in [2.45, 2.75) is 45.3 Å². The number of ether oxygens (including phenoxy) is 8. The molecule has 0 spiro atoms. The van der Waals surface area contributed by atoms with Gasteiger partial charge in [0.25, 0.3) is 0 Å². The second-order valence-corrected chi connectivity index (χ2v) is 12.9. The predicted octanol–water partition coefficient (Wildman–Crippen LogP) is 6.43. The Labute approximate surface area is 274 Å². The van der Waals surface area contributed by atoms with E-state index in [2.05, 4.69) is 24.3 Å². The fraction of sp³-hybridized carbons (Fsp3) is 0.250. The third-order valence-electron chi connectivity index (χ3n) is 8.60. The SMILES string of the molecule is Sc1c2c3cc4c1OCOc1c(cc5c(c1S)OCOc1c(cc6c(c1S)OCOc1c(cc(c(c1S)OCO2)C3)C6)C5)C4. The molecular weight excluding hydrogens is 641 g/mol. The molecule has 0 fully saturated rings. The maximum Gasteiger partial charge on any atom is 0.231 e. The van der Waals surface area contributed by atoms with Crippen molar-refractivity contribution < 1.29 is 37.9 Å². The van der Waals surface area contributed by atoms with Gasteiger partial charge >= 0.3 is 0 Å². The highest BCUT2D eigenvalue weighted by Gasteiger charge is 2.31. The Bertz CT molecular complexity index is 1550. The fourth-order valence-corrected chi connectivity index (χ4v) is 8.41. The summed E-state index contributed by atoms with van der Waals surface area (Å²) in [4.78, 5) is 2.38. The van der Waals surface area contributed by atoms with Crippen LogP contribution in [0.3, 0.4) is 0 Å². The zero-order valence-electron chi connectivity index (χ0n) is 23.0. The molecule has 0 atom stereocenters. The number of hydrogen-bond donors (Lipinski definition) is 4. The third-order valence-corrected chi connectivity index (χ3v) is 10.2. The molecule has 0 saturated carbocycles. The first kappa shape index (κ1) is 27.0. The van der Waals surface area contributed by atoms with Crippen LogP contribution in [0.2, 0.25) is 0 Å². The molecule has 44 heavy (non-hydrogen) atoms. The van der Waals surface area contributed by atoms with Gasteiger partial charge in [-0.05, 0) is 24.3 Å². The minimum Gasteiger partial charge on any atom is -0.456 e. The third kappa shape index (κ3) is 4.03. The highest BCUT2D eigenvalue weighted by Crippen LogP contribution is 2.51. The van der Waals surface area contributed by atoms with Crippen LogP contribution in [0.1, 0.15) is 44.5 Å². The average Bonchev–Trinajstić information content (AvgIpc) is 2.94. The van der Waals surface area contributed by atoms with Crippen molar-refractivity contribution >= 4 is 50.5 Å². The topological polar surface area (TPSA) is 73.8 Å². The van der Waals surface area contributed by atoms with Crippen LogP contribution in [-0.2, 0) is 25.7 Å². The van der Waals surface area contributed by atoms with Gasteiger partial charge in [0.2, 0.25) is 27.2 Å². The monoisotopic (exact) mass is 664 g/mol. The van der Waals surface area contributed by atoms with Crippen LogP contribution in [0.4, 0.5) is 0 Å². The second kappa shape index (κ2) is 10.1. The minimum atomic E-state index is -0.0400. The summed E-state index contributed by atoms with van der Waals surface area (Å²) in [5, 5.41) is 0. The van der Waals surface area contributed by atoms with Gasteiger partial charge in [-0.3, -0.25) is 0 Å². The first-order valence-corrected chi connectivity index (χ1v) is 15.8. The Kier molecular flexibility index (Phi) is 6.20. The van der Waals surface area contributed by atoms with Crippen molar-refractivity contribution in [3.63, 3.8) is 0 Å². The molecule has 0 aromatic heterocycles. The van der Waals surface area contributed by atoms with E-state index in [4.69, 9.17) is 88.4 Å². The molecule has 0 amide bonds. The zero-order valence-corrected chi connectivity index (χ0v) is 26.6. The molecule has 4 aliphatic heterocycles. The lowest BCUT2D eigenvalue weighted by Crippen LogP contribution is -2.20. The molecular formula is C32H24O8S4. The molecule has 4 heterocycles. The number of hydrogen-bond acceptors (Lipinski definition) is 12. The lowest BCUT2D eigenvalue weighted by molar-refractivity contribution is 0.0900. The Morgan fingerprint density at radius 2 is 0.455 bits per heavy atom. The van der Waals surface area contributed by atoms with E-state index in [1.165, 1.54) is 0 Å². The molecule has 0 saturated heterocycles. The molecule has 9 rings (SSSR count). The van der Waals surface area contributed by atoms with Crippen LogP contribution in [0.5, 0.6) is 46.0 Å². The van der Waals surface area contributed by atoms with Gasteiger partial charge in [-0.25, -0.2) is 0 Å². The van der Waals surface area contributed by atoms with Gasteiger partial charge in [0.05, 0.1) is 19.6 Å². The van der Waals surface area contributed by atoms with Crippen LogP contribution in [-0.4, -0.2) is 27.2 Å². The molecule has 4 aromatic carbocycles. The summed E-state index contributed by atoms with van der Waals surface area (Å²) in [6, 6.07) is 8.52. The van der Waals surface area contributed by atoms with Gasteiger partial charge in [0.15, 0.2) is 0 Å². The fourth-order valence-electron chi connectivity index (χ4n) is 6.74. The minimum absolute atomic E-state index is 0.0400. The summed E-state index contributed by atoms with van der Waals surface area (Å²) in [5.41, 5.74) is 7.69. The van der Waals surface area contributed by atoms with E-state index in [9.17, 15) is 0 Å². The molecule has 0 N–H and O–H groups in total. The molecule has 12 heteroatoms. The van der Waals surface area contributed by atoms with Gasteiger partial charge in [-0.15, -0.1) is 50.5 Å². The van der Waals surface area contributed by atoms with E-state index in [0.29, 0.717) is 91.3 Å². The Morgan fingerprint density at radius 1 is 0.295 bits per heavy atom. The maximum absolute atomic E-state index is 6.15. The van der Waals surface area contributed by atoms with Gasteiger partial charge in [0, 0.05) is 70.2 Å². The molecule has 4 aromatic rings. The van der Waals surface area contributed by atoms with Crippen molar-refractivity contribution in [3.8, 4) is 46.0 Å². The van der Waals surface area contributed by atoms with E-state index in [0.717, 1.165) is 44.5 Å². The van der Waals surface area contributed by atoms with Gasteiger partial charge in [0.1, 0.15) is 46.0 Å². The number of benzene rings is 4. The van der Waals surface area contributed by atoms with Crippen LogP contribution >= 0.6 is 50.5 Å². The standard InChI is InChI=1S/C32H24O8S4/c41-29-21-13-1-14-6-16-3-18-8-20-4-19-7-17-2-15(5-13)23(35-9-33-21)30(42)25(17)37-11-39-27(19)32(44)28(20)40-12-38-26(18)31(43)24(16)36-10-34-22(14)29/h1-4,41-44H,5-12H2. The molecule has 8 nitrogen and oxygen atoms in total. The Hall–Kier alpha value is -3.32. The van der Waals surface area contributed by atoms with E-state index in [1.807, 2.05) is 0 Å². The number of rotatable bonds is 0. The van der Waals surface area contributed by atoms with E-state index in [-0.39, 0.29) is 27.2 Å². The zero-order chi connectivity index (χ0) is 29.7. The van der Waals surface area contributed by atoms with Crippen LogP contribution < -0.4 is 37.9 Å². The van der Waals surface area contributed by atoms with Gasteiger partial charge < -0.3 is 37.9 Å². The Morgan fingerprint density at radius 3 is 0.614 bits per heavy atom. The van der Waals surface area contributed by atoms with E-state index in [1.54, 1.807) is 0 Å². The van der Waals surface area contributed by atoms with Crippen molar-refractivity contribution in [2.75, 3.05) is 27.2 Å². The molecule has 1 aliphatic carbocycles. The average molecular weight is 665 g/mol. The first-order valence-electron chi connectivity index (χ1n) is 14.0. The highest BCUT2D eigenvalue weighted by molar-refractivity contribution is 7.81. The smallest absolute Gasteiger partial charge is 0.231 e. The molecule has 5 aliphatic rings. The second-order valence-electron chi connectivity index (χ2n) is 11.1. The molecule has 224 valence electrons. The quantitative estimate of drug-likeness (QED) is 0.141. The predicted molar refractivity (Wildman–Crippen MR) is 170 cm³/mol. The summed E-state index contributed by atoms with van der Waals surface area (Å²) < 4.78 is 49.2. The lowest BCUT2D eigenvalue weighted by atomic mass is 9.90. The summed E-state index contributed by atoms with van der Waals surface area (Å²) >= 11 is 19.6. The lowest BCUT2D eigenvalue weighted by Gasteiger charge is -2.30. The Balaban J connectivity index is 1.36. The van der Waals surface area contributed by atoms with E-state index >= 15 is 0 Å². The van der Waals surface area contributed by atoms with Gasteiger partial charge in [-0.2, -0.15) is 0 Å². The normalized spacial score (nSPS) is 16.5. The highest BCUT2D eigenvalue weighted by atomic mass is 32.1. The van der Waals surface area contributed by atoms with Gasteiger partial charge in [-0.1, -0.05) is 0 Å². The summed E-state index contributed by atoms with van der Waals surface area (Å²) in [7, 11) is 0. The summed E-state index contributed by atoms with van der Waals surface area (Å²) in [6.45, 7) is -0.160. The van der Waals surface area contributed by atoms with Crippen LogP contribution in [0.15, 0.2) is 43.8 Å². The van der Waals surface area contributed by atoms with Crippen molar-refractivity contribution in [1.29, 1.82) is 0 Å². The largest absolute Gasteiger partial charge is 0.456 e. The molecule has 8 bridgehead atoms. The van der Waals surface area contributed by atoms with Crippen molar-refractivity contribution in [2.24, 2.45) is 0 Å². The maximum atomic E-state index is 6.15. The number of thiol groups is 4. The summed E-state index contributed by atoms with van der Waals surface area (Å²) in [5.74, 6) is 4.89. The van der Waals surface area contributed by atoms with Crippen LogP contribution in [0.25, 0.3) is 0 Å². The first-order chi connectivity index (χ1) is 21.4. The van der Waals surface area contributed by atoms with E-state index < -0.39 is 0 Å².